The molecule has 0 aliphatic carbocycles. The van der Waals surface area contributed by atoms with Crippen LogP contribution < -0.4 is 0 Å². The van der Waals surface area contributed by atoms with Gasteiger partial charge >= 0.3 is 0 Å². The predicted octanol–water partition coefficient (Wildman–Crippen LogP) is 5.07. The summed E-state index contributed by atoms with van der Waals surface area (Å²) in [6, 6.07) is 20.9. The van der Waals surface area contributed by atoms with Gasteiger partial charge in [0.25, 0.3) is 0 Å². The van der Waals surface area contributed by atoms with Crippen LogP contribution in [0, 0.1) is 0 Å². The fourth-order valence-corrected chi connectivity index (χ4v) is 2.64. The van der Waals surface area contributed by atoms with Gasteiger partial charge in [-0.15, -0.1) is 0 Å². The summed E-state index contributed by atoms with van der Waals surface area (Å²) in [5.41, 5.74) is 4.06. The molecule has 0 aromatic heterocycles. The van der Waals surface area contributed by atoms with Crippen molar-refractivity contribution in [2.45, 2.75) is 0 Å². The molecule has 0 aliphatic rings. The molecule has 0 atom stereocenters. The fraction of sp³-hybridized carbons (Fsp3) is 0. The lowest BCUT2D eigenvalue weighted by Gasteiger charge is -2.16. The van der Waals surface area contributed by atoms with Crippen LogP contribution in [0.15, 0.2) is 73.3 Å². The van der Waals surface area contributed by atoms with Crippen LogP contribution in [-0.2, 0) is 0 Å². The Bertz CT molecular complexity index is 806. The van der Waals surface area contributed by atoms with Gasteiger partial charge in [0.1, 0.15) is 0 Å². The molecule has 2 nitrogen and oxygen atoms in total. The molecule has 0 saturated heterocycles. The van der Waals surface area contributed by atoms with E-state index in [0.717, 1.165) is 22.3 Å². The average Bonchev–Trinajstić information content (AvgIpc) is 2.58. The van der Waals surface area contributed by atoms with Crippen LogP contribution in [0.5, 0.6) is 11.5 Å². The lowest BCUT2D eigenvalue weighted by Crippen LogP contribution is -1.91. The lowest BCUT2D eigenvalue weighted by atomic mass is 9.89. The van der Waals surface area contributed by atoms with Crippen molar-refractivity contribution in [3.8, 4) is 33.8 Å². The molecule has 3 aromatic rings. The number of hydrogen-bond acceptors (Lipinski definition) is 2. The van der Waals surface area contributed by atoms with Crippen LogP contribution >= 0.6 is 0 Å². The van der Waals surface area contributed by atoms with Gasteiger partial charge in [-0.2, -0.15) is 0 Å². The lowest BCUT2D eigenvalue weighted by molar-refractivity contribution is 0.405. The summed E-state index contributed by atoms with van der Waals surface area (Å²) in [5.74, 6) is -0.260. The van der Waals surface area contributed by atoms with Crippen LogP contribution in [0.4, 0.5) is 0 Å². The predicted molar refractivity (Wildman–Crippen MR) is 90.7 cm³/mol. The zero-order chi connectivity index (χ0) is 15.5. The Morgan fingerprint density at radius 1 is 0.727 bits per heavy atom. The first kappa shape index (κ1) is 14.0. The van der Waals surface area contributed by atoms with Crippen molar-refractivity contribution in [1.29, 1.82) is 0 Å². The number of aromatic hydroxyl groups is 2. The van der Waals surface area contributed by atoms with E-state index in [1.165, 1.54) is 6.07 Å². The van der Waals surface area contributed by atoms with Crippen LogP contribution in [-0.4, -0.2) is 10.2 Å². The molecule has 0 radical (unpaired) electrons. The van der Waals surface area contributed by atoms with Gasteiger partial charge in [0, 0.05) is 11.1 Å². The largest absolute Gasteiger partial charge is 0.504 e. The van der Waals surface area contributed by atoms with E-state index in [1.807, 2.05) is 60.7 Å². The van der Waals surface area contributed by atoms with Crippen LogP contribution in [0.2, 0.25) is 0 Å². The fourth-order valence-electron chi connectivity index (χ4n) is 2.64. The molecule has 0 heterocycles. The van der Waals surface area contributed by atoms with E-state index >= 15 is 0 Å². The summed E-state index contributed by atoms with van der Waals surface area (Å²) in [6.07, 6.45) is 1.69. The molecular weight excluding hydrogens is 272 g/mol. The zero-order valence-electron chi connectivity index (χ0n) is 12.0. The SMILES string of the molecule is C=Cc1cc(O)c(O)c(-c2ccccc2)c1-c1ccccc1. The van der Waals surface area contributed by atoms with Crippen molar-refractivity contribution in [3.63, 3.8) is 0 Å². The van der Waals surface area contributed by atoms with Crippen molar-refractivity contribution < 1.29 is 10.2 Å². The van der Waals surface area contributed by atoms with Gasteiger partial charge < -0.3 is 10.2 Å². The first-order valence-electron chi connectivity index (χ1n) is 7.04. The van der Waals surface area contributed by atoms with Crippen molar-refractivity contribution >= 4 is 6.08 Å². The number of phenols is 2. The zero-order valence-corrected chi connectivity index (χ0v) is 12.0. The van der Waals surface area contributed by atoms with E-state index in [9.17, 15) is 10.2 Å². The normalized spacial score (nSPS) is 10.4. The van der Waals surface area contributed by atoms with E-state index in [4.69, 9.17) is 0 Å². The quantitative estimate of drug-likeness (QED) is 0.660. The molecule has 2 heteroatoms. The van der Waals surface area contributed by atoms with Gasteiger partial charge in [-0.1, -0.05) is 73.3 Å². The number of rotatable bonds is 3. The molecule has 3 rings (SSSR count). The van der Waals surface area contributed by atoms with Gasteiger partial charge in [-0.25, -0.2) is 0 Å². The molecule has 0 amide bonds. The Hall–Kier alpha value is -3.00. The average molecular weight is 288 g/mol. The van der Waals surface area contributed by atoms with Gasteiger partial charge in [0.2, 0.25) is 0 Å². The van der Waals surface area contributed by atoms with Gasteiger partial charge in [0.05, 0.1) is 0 Å². The highest BCUT2D eigenvalue weighted by atomic mass is 16.3. The number of hydrogen-bond donors (Lipinski definition) is 2. The molecule has 2 N–H and O–H groups in total. The van der Waals surface area contributed by atoms with E-state index in [0.29, 0.717) is 5.56 Å². The Morgan fingerprint density at radius 3 is 1.73 bits per heavy atom. The first-order valence-corrected chi connectivity index (χ1v) is 7.04. The van der Waals surface area contributed by atoms with Gasteiger partial charge in [0.15, 0.2) is 11.5 Å². The molecular formula is C20H16O2. The molecule has 22 heavy (non-hydrogen) atoms. The van der Waals surface area contributed by atoms with E-state index < -0.39 is 0 Å². The maximum absolute atomic E-state index is 10.4. The summed E-state index contributed by atoms with van der Waals surface area (Å²) >= 11 is 0. The molecule has 0 aliphatic heterocycles. The maximum Gasteiger partial charge on any atom is 0.166 e. The first-order chi connectivity index (χ1) is 10.7. The molecule has 0 spiro atoms. The minimum Gasteiger partial charge on any atom is -0.504 e. The number of phenolic OH excluding ortho intramolecular Hbond substituents is 2. The van der Waals surface area contributed by atoms with E-state index in [1.54, 1.807) is 6.08 Å². The number of benzene rings is 3. The Kier molecular flexibility index (Phi) is 3.67. The third-order valence-corrected chi connectivity index (χ3v) is 3.66. The summed E-state index contributed by atoms with van der Waals surface area (Å²) in [7, 11) is 0. The van der Waals surface area contributed by atoms with E-state index in [2.05, 4.69) is 6.58 Å². The summed E-state index contributed by atoms with van der Waals surface area (Å²) in [4.78, 5) is 0. The second-order valence-corrected chi connectivity index (χ2v) is 5.02. The third-order valence-electron chi connectivity index (χ3n) is 3.66. The molecule has 0 fully saturated rings. The van der Waals surface area contributed by atoms with Crippen LogP contribution in [0.1, 0.15) is 5.56 Å². The minimum atomic E-state index is -0.145. The molecule has 0 bridgehead atoms. The monoisotopic (exact) mass is 288 g/mol. The Labute approximate surface area is 129 Å². The van der Waals surface area contributed by atoms with Crippen LogP contribution in [0.25, 0.3) is 28.3 Å². The molecule has 0 saturated carbocycles. The third kappa shape index (κ3) is 2.35. The second-order valence-electron chi connectivity index (χ2n) is 5.02. The summed E-state index contributed by atoms with van der Waals surface area (Å²) < 4.78 is 0. The van der Waals surface area contributed by atoms with E-state index in [-0.39, 0.29) is 11.5 Å². The Balaban J connectivity index is 2.41. The molecule has 108 valence electrons. The second kappa shape index (κ2) is 5.78. The van der Waals surface area contributed by atoms with Crippen molar-refractivity contribution in [1.82, 2.24) is 0 Å². The highest BCUT2D eigenvalue weighted by molar-refractivity contribution is 5.94. The highest BCUT2D eigenvalue weighted by Crippen LogP contribution is 2.46. The minimum absolute atomic E-state index is 0.115. The smallest absolute Gasteiger partial charge is 0.166 e. The topological polar surface area (TPSA) is 40.5 Å². The van der Waals surface area contributed by atoms with Crippen molar-refractivity contribution in [2.24, 2.45) is 0 Å². The Morgan fingerprint density at radius 2 is 1.23 bits per heavy atom. The maximum atomic E-state index is 10.4. The summed E-state index contributed by atoms with van der Waals surface area (Å²) in [5, 5.41) is 20.5. The standard InChI is InChI=1S/C20H16O2/c1-2-14-13-17(21)20(22)19(16-11-7-4-8-12-16)18(14)15-9-5-3-6-10-15/h2-13,21-22H,1H2. The highest BCUT2D eigenvalue weighted by Gasteiger charge is 2.18. The van der Waals surface area contributed by atoms with Gasteiger partial charge in [-0.3, -0.25) is 0 Å². The summed E-state index contributed by atoms with van der Waals surface area (Å²) in [6.45, 7) is 3.83. The van der Waals surface area contributed by atoms with Gasteiger partial charge in [-0.05, 0) is 22.8 Å². The molecule has 0 unspecified atom stereocenters. The van der Waals surface area contributed by atoms with Crippen LogP contribution in [0.3, 0.4) is 0 Å². The van der Waals surface area contributed by atoms with Crippen molar-refractivity contribution in [2.75, 3.05) is 0 Å². The van der Waals surface area contributed by atoms with Crippen molar-refractivity contribution in [3.05, 3.63) is 78.9 Å². The molecule has 3 aromatic carbocycles.